The number of nitrogens with zero attached hydrogens (tertiary/aromatic N) is 2. The predicted octanol–water partition coefficient (Wildman–Crippen LogP) is 4.05. The molecule has 1 aliphatic heterocycles. The number of methoxy groups -OCH3 is 1. The summed E-state index contributed by atoms with van der Waals surface area (Å²) in [5.41, 5.74) is 3.34. The summed E-state index contributed by atoms with van der Waals surface area (Å²) in [4.78, 5) is 28.0. The Hall–Kier alpha value is -3.64. The van der Waals surface area contributed by atoms with Gasteiger partial charge in [0.05, 0.1) is 18.2 Å². The molecule has 0 amide bonds. The number of carbonyl (C=O) groups is 2. The second kappa shape index (κ2) is 10.1. The fourth-order valence-electron chi connectivity index (χ4n) is 3.84. The van der Waals surface area contributed by atoms with Gasteiger partial charge in [-0.15, -0.1) is 0 Å². The number of hydrogen-bond donors (Lipinski definition) is 0. The molecule has 1 saturated heterocycles. The molecule has 0 bridgehead atoms. The number of anilines is 1. The first-order chi connectivity index (χ1) is 15.7. The molecule has 0 atom stereocenters. The van der Waals surface area contributed by atoms with E-state index >= 15 is 0 Å². The minimum absolute atomic E-state index is 0.357. The molecular formula is C26H26N2O4. The first-order valence-corrected chi connectivity index (χ1v) is 10.6. The highest BCUT2D eigenvalue weighted by Gasteiger charge is 2.18. The highest BCUT2D eigenvalue weighted by atomic mass is 16.5. The van der Waals surface area contributed by atoms with Crippen LogP contribution in [-0.4, -0.2) is 50.4 Å². The summed E-state index contributed by atoms with van der Waals surface area (Å²) in [6, 6.07) is 22.4. The number of aldehydes is 1. The van der Waals surface area contributed by atoms with Gasteiger partial charge in [0.25, 0.3) is 0 Å². The molecular weight excluding hydrogens is 404 g/mol. The number of carbonyl (C=O) groups excluding carboxylic acids is 2. The number of ether oxygens (including phenoxy) is 2. The SMILES string of the molecule is COc1cc(CN2CCN(c3ccc(OC(=O)c4ccccc4)cc3)CC2)ccc1C=O. The van der Waals surface area contributed by atoms with Crippen molar-refractivity contribution >= 4 is 17.9 Å². The van der Waals surface area contributed by atoms with Gasteiger partial charge < -0.3 is 14.4 Å². The van der Waals surface area contributed by atoms with E-state index in [4.69, 9.17) is 9.47 Å². The van der Waals surface area contributed by atoms with Gasteiger partial charge in [-0.2, -0.15) is 0 Å². The standard InChI is InChI=1S/C26H26N2O4/c1-31-25-17-20(7-8-22(25)19-29)18-27-13-15-28(16-14-27)23-9-11-24(12-10-23)32-26(30)21-5-3-2-4-6-21/h2-12,17,19H,13-16,18H2,1H3. The van der Waals surface area contributed by atoms with E-state index in [1.165, 1.54) is 0 Å². The number of esters is 1. The van der Waals surface area contributed by atoms with E-state index < -0.39 is 0 Å². The lowest BCUT2D eigenvalue weighted by molar-refractivity contribution is 0.0734. The van der Waals surface area contributed by atoms with Crippen molar-refractivity contribution in [3.63, 3.8) is 0 Å². The summed E-state index contributed by atoms with van der Waals surface area (Å²) in [6.45, 7) is 4.50. The maximum Gasteiger partial charge on any atom is 0.343 e. The zero-order chi connectivity index (χ0) is 22.3. The van der Waals surface area contributed by atoms with E-state index in [9.17, 15) is 9.59 Å². The number of benzene rings is 3. The van der Waals surface area contributed by atoms with E-state index in [1.807, 2.05) is 60.7 Å². The molecule has 6 nitrogen and oxygen atoms in total. The summed E-state index contributed by atoms with van der Waals surface area (Å²) in [6.07, 6.45) is 0.815. The summed E-state index contributed by atoms with van der Waals surface area (Å²) in [7, 11) is 1.58. The molecule has 0 unspecified atom stereocenters. The minimum atomic E-state index is -0.357. The smallest absolute Gasteiger partial charge is 0.343 e. The van der Waals surface area contributed by atoms with Crippen LogP contribution in [0.15, 0.2) is 72.8 Å². The average molecular weight is 431 g/mol. The van der Waals surface area contributed by atoms with Gasteiger partial charge in [0.15, 0.2) is 6.29 Å². The molecule has 1 heterocycles. The Morgan fingerprint density at radius 1 is 0.938 bits per heavy atom. The highest BCUT2D eigenvalue weighted by Crippen LogP contribution is 2.23. The van der Waals surface area contributed by atoms with E-state index in [-0.39, 0.29) is 5.97 Å². The molecule has 0 aromatic heterocycles. The second-order valence-corrected chi connectivity index (χ2v) is 7.71. The van der Waals surface area contributed by atoms with Gasteiger partial charge in [-0.3, -0.25) is 9.69 Å². The van der Waals surface area contributed by atoms with E-state index in [2.05, 4.69) is 9.80 Å². The third-order valence-electron chi connectivity index (χ3n) is 5.63. The lowest BCUT2D eigenvalue weighted by atomic mass is 10.1. The Bertz CT molecular complexity index is 1060. The Morgan fingerprint density at radius 2 is 1.66 bits per heavy atom. The summed E-state index contributed by atoms with van der Waals surface area (Å²) in [5, 5.41) is 0. The van der Waals surface area contributed by atoms with Crippen LogP contribution in [0.5, 0.6) is 11.5 Å². The number of hydrogen-bond acceptors (Lipinski definition) is 6. The van der Waals surface area contributed by atoms with Gasteiger partial charge in [0.2, 0.25) is 0 Å². The fraction of sp³-hybridized carbons (Fsp3) is 0.231. The van der Waals surface area contributed by atoms with Gasteiger partial charge in [0, 0.05) is 38.4 Å². The monoisotopic (exact) mass is 430 g/mol. The lowest BCUT2D eigenvalue weighted by Crippen LogP contribution is -2.45. The molecule has 4 rings (SSSR count). The van der Waals surface area contributed by atoms with Crippen LogP contribution in [-0.2, 0) is 6.54 Å². The van der Waals surface area contributed by atoms with Crippen LogP contribution >= 0.6 is 0 Å². The predicted molar refractivity (Wildman–Crippen MR) is 124 cm³/mol. The highest BCUT2D eigenvalue weighted by molar-refractivity contribution is 5.91. The molecule has 3 aromatic rings. The first kappa shape index (κ1) is 21.6. The first-order valence-electron chi connectivity index (χ1n) is 10.6. The quantitative estimate of drug-likeness (QED) is 0.320. The Morgan fingerprint density at radius 3 is 2.31 bits per heavy atom. The molecule has 0 radical (unpaired) electrons. The number of piperazine rings is 1. The van der Waals surface area contributed by atoms with Crippen molar-refractivity contribution in [3.05, 3.63) is 89.5 Å². The minimum Gasteiger partial charge on any atom is -0.496 e. The van der Waals surface area contributed by atoms with Crippen LogP contribution in [0.4, 0.5) is 5.69 Å². The summed E-state index contributed by atoms with van der Waals surface area (Å²) < 4.78 is 10.8. The van der Waals surface area contributed by atoms with Crippen LogP contribution in [0.3, 0.4) is 0 Å². The van der Waals surface area contributed by atoms with E-state index in [0.29, 0.717) is 22.6 Å². The lowest BCUT2D eigenvalue weighted by Gasteiger charge is -2.36. The largest absolute Gasteiger partial charge is 0.496 e. The second-order valence-electron chi connectivity index (χ2n) is 7.71. The molecule has 6 heteroatoms. The number of rotatable bonds is 7. The van der Waals surface area contributed by atoms with Crippen molar-refractivity contribution in [2.45, 2.75) is 6.54 Å². The van der Waals surface area contributed by atoms with E-state index in [0.717, 1.165) is 50.3 Å². The van der Waals surface area contributed by atoms with Crippen LogP contribution in [0.25, 0.3) is 0 Å². The summed E-state index contributed by atoms with van der Waals surface area (Å²) >= 11 is 0. The van der Waals surface area contributed by atoms with Crippen molar-refractivity contribution in [2.75, 3.05) is 38.2 Å². The maximum atomic E-state index is 12.2. The molecule has 164 valence electrons. The maximum absolute atomic E-state index is 12.2. The molecule has 1 aliphatic rings. The molecule has 0 spiro atoms. The van der Waals surface area contributed by atoms with Crippen LogP contribution < -0.4 is 14.4 Å². The zero-order valence-corrected chi connectivity index (χ0v) is 18.1. The van der Waals surface area contributed by atoms with Gasteiger partial charge in [-0.1, -0.05) is 24.3 Å². The van der Waals surface area contributed by atoms with Crippen molar-refractivity contribution in [1.82, 2.24) is 4.90 Å². The molecule has 3 aromatic carbocycles. The Balaban J connectivity index is 1.30. The zero-order valence-electron chi connectivity index (χ0n) is 18.1. The topological polar surface area (TPSA) is 59.1 Å². The molecule has 0 N–H and O–H groups in total. The van der Waals surface area contributed by atoms with Gasteiger partial charge in [-0.25, -0.2) is 4.79 Å². The fourth-order valence-corrected chi connectivity index (χ4v) is 3.84. The molecule has 0 aliphatic carbocycles. The van der Waals surface area contributed by atoms with Crippen LogP contribution in [0, 0.1) is 0 Å². The van der Waals surface area contributed by atoms with Crippen molar-refractivity contribution < 1.29 is 19.1 Å². The summed E-state index contributed by atoms with van der Waals surface area (Å²) in [5.74, 6) is 0.794. The third kappa shape index (κ3) is 5.15. The average Bonchev–Trinajstić information content (AvgIpc) is 2.85. The normalized spacial score (nSPS) is 14.1. The van der Waals surface area contributed by atoms with Crippen LogP contribution in [0.2, 0.25) is 0 Å². The Labute approximate surface area is 188 Å². The van der Waals surface area contributed by atoms with E-state index in [1.54, 1.807) is 19.2 Å². The van der Waals surface area contributed by atoms with Crippen molar-refractivity contribution in [1.29, 1.82) is 0 Å². The van der Waals surface area contributed by atoms with Gasteiger partial charge >= 0.3 is 5.97 Å². The third-order valence-corrected chi connectivity index (χ3v) is 5.63. The van der Waals surface area contributed by atoms with Crippen molar-refractivity contribution in [2.24, 2.45) is 0 Å². The van der Waals surface area contributed by atoms with Gasteiger partial charge in [-0.05, 0) is 54.1 Å². The molecule has 32 heavy (non-hydrogen) atoms. The molecule has 0 saturated carbocycles. The van der Waals surface area contributed by atoms with Gasteiger partial charge in [0.1, 0.15) is 11.5 Å². The van der Waals surface area contributed by atoms with Crippen molar-refractivity contribution in [3.8, 4) is 11.5 Å². The Kier molecular flexibility index (Phi) is 6.82. The molecule has 1 fully saturated rings. The van der Waals surface area contributed by atoms with Crippen LogP contribution in [0.1, 0.15) is 26.3 Å².